The van der Waals surface area contributed by atoms with Crippen LogP contribution in [0.1, 0.15) is 0 Å². The number of non-ortho nitro benzene ring substituents is 1. The number of nitrogens with two attached hydrogens (primary N) is 2. The normalized spacial score (nSPS) is 11.1. The van der Waals surface area contributed by atoms with Crippen LogP contribution in [-0.4, -0.2) is 25.8 Å². The lowest BCUT2D eigenvalue weighted by Gasteiger charge is -2.07. The molecule has 0 bridgehead atoms. The third kappa shape index (κ3) is 3.15. The number of rotatable bonds is 5. The predicted molar refractivity (Wildman–Crippen MR) is 61.9 cm³/mol. The van der Waals surface area contributed by atoms with Crippen molar-refractivity contribution in [1.82, 2.24) is 4.72 Å². The number of nitro benzene ring substituents is 1. The molecule has 0 saturated heterocycles. The van der Waals surface area contributed by atoms with Crippen LogP contribution in [0.5, 0.6) is 0 Å². The Balaban J connectivity index is 3.10. The number of nitrogens with one attached hydrogen (secondary N) is 1. The van der Waals surface area contributed by atoms with E-state index in [1.807, 2.05) is 4.72 Å². The molecule has 0 fully saturated rings. The highest BCUT2D eigenvalue weighted by Gasteiger charge is 2.20. The van der Waals surface area contributed by atoms with E-state index in [0.29, 0.717) is 0 Å². The summed E-state index contributed by atoms with van der Waals surface area (Å²) in [6.45, 7) is -0.585. The molecule has 1 rings (SSSR count). The van der Waals surface area contributed by atoms with Crippen molar-refractivity contribution in [2.24, 2.45) is 5.73 Å². The first kappa shape index (κ1) is 13.9. The van der Waals surface area contributed by atoms with E-state index in [4.69, 9.17) is 11.5 Å². The second kappa shape index (κ2) is 4.98. The van der Waals surface area contributed by atoms with Crippen molar-refractivity contribution in [3.05, 3.63) is 28.3 Å². The van der Waals surface area contributed by atoms with Crippen molar-refractivity contribution in [3.8, 4) is 0 Å². The van der Waals surface area contributed by atoms with Gasteiger partial charge in [0.25, 0.3) is 5.69 Å². The highest BCUT2D eigenvalue weighted by molar-refractivity contribution is 7.89. The van der Waals surface area contributed by atoms with Gasteiger partial charge in [-0.25, -0.2) is 13.1 Å². The Morgan fingerprint density at radius 2 is 2.06 bits per heavy atom. The fraction of sp³-hybridized carbons (Fsp3) is 0.125. The SMILES string of the molecule is NC(=O)CNS(=O)(=O)c1ccc([N+](=O)[O-])cc1N. The monoisotopic (exact) mass is 274 g/mol. The standard InChI is InChI=1S/C8H10N4O5S/c9-6-3-5(12(14)15)1-2-7(6)18(16,17)11-4-8(10)13/h1-3,11H,4,9H2,(H2,10,13). The van der Waals surface area contributed by atoms with Crippen molar-refractivity contribution < 1.29 is 18.1 Å². The summed E-state index contributed by atoms with van der Waals surface area (Å²) < 4.78 is 25.3. The van der Waals surface area contributed by atoms with Crippen molar-refractivity contribution in [2.45, 2.75) is 4.90 Å². The van der Waals surface area contributed by atoms with Gasteiger partial charge in [0.1, 0.15) is 4.90 Å². The van der Waals surface area contributed by atoms with E-state index in [0.717, 1.165) is 18.2 Å². The lowest BCUT2D eigenvalue weighted by molar-refractivity contribution is -0.384. The van der Waals surface area contributed by atoms with Gasteiger partial charge in [-0.3, -0.25) is 14.9 Å². The van der Waals surface area contributed by atoms with Gasteiger partial charge in [-0.05, 0) is 6.07 Å². The second-order valence-corrected chi connectivity index (χ2v) is 5.01. The first-order chi connectivity index (χ1) is 8.24. The molecule has 0 aliphatic rings. The summed E-state index contributed by atoms with van der Waals surface area (Å²) >= 11 is 0. The van der Waals surface area contributed by atoms with E-state index in [2.05, 4.69) is 0 Å². The Kier molecular flexibility index (Phi) is 3.83. The maximum absolute atomic E-state index is 11.7. The molecule has 0 radical (unpaired) electrons. The first-order valence-corrected chi connectivity index (χ1v) is 6.04. The van der Waals surface area contributed by atoms with E-state index < -0.39 is 27.4 Å². The lowest BCUT2D eigenvalue weighted by atomic mass is 10.3. The molecular weight excluding hydrogens is 264 g/mol. The van der Waals surface area contributed by atoms with E-state index in [1.54, 1.807) is 0 Å². The quantitative estimate of drug-likeness (QED) is 0.352. The van der Waals surface area contributed by atoms with E-state index >= 15 is 0 Å². The number of nitro groups is 1. The summed E-state index contributed by atoms with van der Waals surface area (Å²) in [5, 5.41) is 10.5. The average molecular weight is 274 g/mol. The number of amides is 1. The largest absolute Gasteiger partial charge is 0.397 e. The van der Waals surface area contributed by atoms with Crippen molar-refractivity contribution in [1.29, 1.82) is 0 Å². The van der Waals surface area contributed by atoms with Crippen molar-refractivity contribution in [3.63, 3.8) is 0 Å². The van der Waals surface area contributed by atoms with Crippen LogP contribution in [0.4, 0.5) is 11.4 Å². The van der Waals surface area contributed by atoms with Gasteiger partial charge in [0, 0.05) is 12.1 Å². The van der Waals surface area contributed by atoms with Crippen LogP contribution in [-0.2, 0) is 14.8 Å². The minimum absolute atomic E-state index is 0.291. The van der Waals surface area contributed by atoms with E-state index in [9.17, 15) is 23.3 Å². The molecule has 0 unspecified atom stereocenters. The molecule has 1 amide bonds. The molecule has 0 spiro atoms. The number of benzene rings is 1. The highest BCUT2D eigenvalue weighted by Crippen LogP contribution is 2.23. The van der Waals surface area contributed by atoms with Crippen LogP contribution in [0.3, 0.4) is 0 Å². The van der Waals surface area contributed by atoms with Crippen LogP contribution in [0.2, 0.25) is 0 Å². The number of nitrogens with zero attached hydrogens (tertiary/aromatic N) is 1. The molecule has 1 aromatic carbocycles. The maximum Gasteiger partial charge on any atom is 0.271 e. The van der Waals surface area contributed by atoms with Crippen LogP contribution >= 0.6 is 0 Å². The minimum atomic E-state index is -4.03. The molecule has 98 valence electrons. The molecule has 0 atom stereocenters. The smallest absolute Gasteiger partial charge is 0.271 e. The van der Waals surface area contributed by atoms with Gasteiger partial charge in [-0.1, -0.05) is 0 Å². The molecular formula is C8H10N4O5S. The van der Waals surface area contributed by atoms with E-state index in [-0.39, 0.29) is 16.3 Å². The summed E-state index contributed by atoms with van der Waals surface area (Å²) in [5.41, 5.74) is 9.58. The molecule has 18 heavy (non-hydrogen) atoms. The Labute approximate surface area is 102 Å². The molecule has 0 aliphatic carbocycles. The Morgan fingerprint density at radius 1 is 1.44 bits per heavy atom. The number of primary amides is 1. The van der Waals surface area contributed by atoms with Crippen molar-refractivity contribution >= 4 is 27.3 Å². The number of hydrogen-bond acceptors (Lipinski definition) is 6. The maximum atomic E-state index is 11.7. The molecule has 0 aromatic heterocycles. The van der Waals surface area contributed by atoms with Crippen LogP contribution in [0.25, 0.3) is 0 Å². The minimum Gasteiger partial charge on any atom is -0.397 e. The number of carbonyl (C=O) groups is 1. The molecule has 0 heterocycles. The van der Waals surface area contributed by atoms with Gasteiger partial charge in [-0.15, -0.1) is 0 Å². The Hall–Kier alpha value is -2.20. The molecule has 1 aromatic rings. The number of nitrogen functional groups attached to an aromatic ring is 1. The van der Waals surface area contributed by atoms with Gasteiger partial charge < -0.3 is 11.5 Å². The molecule has 10 heteroatoms. The van der Waals surface area contributed by atoms with Crippen molar-refractivity contribution in [2.75, 3.05) is 12.3 Å². The summed E-state index contributed by atoms with van der Waals surface area (Å²) in [6, 6.07) is 2.89. The van der Waals surface area contributed by atoms with E-state index in [1.165, 1.54) is 0 Å². The number of carbonyl (C=O) groups excluding carboxylic acids is 1. The second-order valence-electron chi connectivity index (χ2n) is 3.27. The van der Waals surface area contributed by atoms with Gasteiger partial charge in [0.2, 0.25) is 15.9 Å². The van der Waals surface area contributed by atoms with Gasteiger partial charge >= 0.3 is 0 Å². The number of anilines is 1. The molecule has 0 aliphatic heterocycles. The molecule has 9 nitrogen and oxygen atoms in total. The third-order valence-corrected chi connectivity index (χ3v) is 3.41. The Bertz CT molecular complexity index is 598. The summed E-state index contributed by atoms with van der Waals surface area (Å²) in [7, 11) is -4.03. The van der Waals surface area contributed by atoms with Crippen LogP contribution in [0.15, 0.2) is 23.1 Å². The predicted octanol–water partition coefficient (Wildman–Crippen LogP) is -1.06. The van der Waals surface area contributed by atoms with Gasteiger partial charge in [0.05, 0.1) is 17.2 Å². The average Bonchev–Trinajstić information content (AvgIpc) is 2.26. The summed E-state index contributed by atoms with van der Waals surface area (Å²) in [6.07, 6.45) is 0. The van der Waals surface area contributed by atoms with Gasteiger partial charge in [0.15, 0.2) is 0 Å². The van der Waals surface area contributed by atoms with Crippen LogP contribution in [0, 0.1) is 10.1 Å². The third-order valence-electron chi connectivity index (χ3n) is 1.93. The first-order valence-electron chi connectivity index (χ1n) is 4.56. The topological polar surface area (TPSA) is 158 Å². The number of sulfonamides is 1. The van der Waals surface area contributed by atoms with Crippen LogP contribution < -0.4 is 16.2 Å². The zero-order valence-corrected chi connectivity index (χ0v) is 9.81. The summed E-state index contributed by atoms with van der Waals surface area (Å²) in [5.74, 6) is -0.862. The fourth-order valence-corrected chi connectivity index (χ4v) is 2.24. The zero-order valence-electron chi connectivity index (χ0n) is 8.99. The van der Waals surface area contributed by atoms with Gasteiger partial charge in [-0.2, -0.15) is 0 Å². The number of hydrogen-bond donors (Lipinski definition) is 3. The lowest BCUT2D eigenvalue weighted by Crippen LogP contribution is -2.33. The molecule has 5 N–H and O–H groups in total. The molecule has 0 saturated carbocycles. The highest BCUT2D eigenvalue weighted by atomic mass is 32.2. The fourth-order valence-electron chi connectivity index (χ4n) is 1.14. The Morgan fingerprint density at radius 3 is 2.50 bits per heavy atom. The summed E-state index contributed by atoms with van der Waals surface area (Å²) in [4.78, 5) is 19.9. The zero-order chi connectivity index (χ0) is 13.9.